The maximum absolute atomic E-state index is 13.5. The van der Waals surface area contributed by atoms with Crippen molar-refractivity contribution >= 4 is 16.6 Å². The molecule has 1 aliphatic heterocycles. The number of rotatable bonds is 5. The highest BCUT2D eigenvalue weighted by Crippen LogP contribution is 2.33. The Morgan fingerprint density at radius 2 is 1.72 bits per heavy atom. The Morgan fingerprint density at radius 3 is 2.50 bits per heavy atom. The molecule has 1 atom stereocenters. The first kappa shape index (κ1) is 22.9. The van der Waals surface area contributed by atoms with Gasteiger partial charge < -0.3 is 9.88 Å². The summed E-state index contributed by atoms with van der Waals surface area (Å²) >= 11 is 0. The van der Waals surface area contributed by atoms with Gasteiger partial charge >= 0.3 is 0 Å². The Labute approximate surface area is 210 Å². The van der Waals surface area contributed by atoms with Gasteiger partial charge in [-0.1, -0.05) is 49.1 Å². The maximum Gasteiger partial charge on any atom is 0.253 e. The van der Waals surface area contributed by atoms with Crippen molar-refractivity contribution in [3.63, 3.8) is 0 Å². The first-order chi connectivity index (χ1) is 17.7. The van der Waals surface area contributed by atoms with E-state index in [0.717, 1.165) is 55.7 Å². The highest BCUT2D eigenvalue weighted by atomic mass is 16.1. The normalized spacial score (nSPS) is 18.5. The highest BCUT2D eigenvalue weighted by Gasteiger charge is 2.34. The van der Waals surface area contributed by atoms with Crippen molar-refractivity contribution in [2.24, 2.45) is 0 Å². The third-order valence-corrected chi connectivity index (χ3v) is 7.81. The zero-order valence-electron chi connectivity index (χ0n) is 20.8. The van der Waals surface area contributed by atoms with E-state index in [-0.39, 0.29) is 11.6 Å². The van der Waals surface area contributed by atoms with E-state index in [1.54, 1.807) is 0 Å². The first-order valence-electron chi connectivity index (χ1n) is 13.1. The van der Waals surface area contributed by atoms with Gasteiger partial charge in [0.1, 0.15) is 6.04 Å². The van der Waals surface area contributed by atoms with Gasteiger partial charge in [-0.15, -0.1) is 5.10 Å². The largest absolute Gasteiger partial charge is 0.369 e. The summed E-state index contributed by atoms with van der Waals surface area (Å²) in [4.78, 5) is 21.4. The van der Waals surface area contributed by atoms with E-state index < -0.39 is 0 Å². The molecule has 1 saturated carbocycles. The predicted octanol–water partition coefficient (Wildman–Crippen LogP) is 4.24. The van der Waals surface area contributed by atoms with Crippen LogP contribution in [0.4, 0.5) is 5.69 Å². The van der Waals surface area contributed by atoms with Crippen molar-refractivity contribution < 1.29 is 0 Å². The standard InChI is InChI=1S/C28H33N7O/c1-20-12-13-25-21(18-20)19-24(28(36)29-25)26(27-30-31-32-35(27)23-10-6-3-7-11-23)34-16-14-33(15-17-34)22-8-4-2-5-9-22/h2,4-5,8-9,12-13,18-19,23,26H,3,6-7,10-11,14-17H2,1H3,(H,29,36)/t26-/m1/s1. The van der Waals surface area contributed by atoms with Crippen LogP contribution < -0.4 is 10.5 Å². The molecular formula is C28H33N7O. The lowest BCUT2D eigenvalue weighted by Gasteiger charge is -2.40. The summed E-state index contributed by atoms with van der Waals surface area (Å²) in [5, 5.41) is 14.2. The lowest BCUT2D eigenvalue weighted by Crippen LogP contribution is -2.49. The number of pyridine rings is 1. The molecule has 0 spiro atoms. The SMILES string of the molecule is Cc1ccc2[nH]c(=O)c([C@H](c3nnnn3C3CCCCC3)N3CCN(c4ccccc4)CC3)cc2c1. The topological polar surface area (TPSA) is 82.9 Å². The van der Waals surface area contributed by atoms with Gasteiger partial charge in [0.2, 0.25) is 0 Å². The highest BCUT2D eigenvalue weighted by molar-refractivity contribution is 5.79. The summed E-state index contributed by atoms with van der Waals surface area (Å²) in [6, 6.07) is 18.7. The second-order valence-electron chi connectivity index (χ2n) is 10.2. The van der Waals surface area contributed by atoms with Crippen LogP contribution in [0.25, 0.3) is 10.9 Å². The quantitative estimate of drug-likeness (QED) is 0.457. The zero-order chi connectivity index (χ0) is 24.5. The van der Waals surface area contributed by atoms with Crippen LogP contribution in [-0.4, -0.2) is 56.3 Å². The number of hydrogen-bond acceptors (Lipinski definition) is 6. The van der Waals surface area contributed by atoms with Crippen molar-refractivity contribution in [2.75, 3.05) is 31.1 Å². The van der Waals surface area contributed by atoms with Crippen LogP contribution in [0.15, 0.2) is 59.4 Å². The molecule has 1 saturated heterocycles. The molecule has 3 heterocycles. The van der Waals surface area contributed by atoms with Gasteiger partial charge in [-0.3, -0.25) is 9.69 Å². The molecule has 4 aromatic rings. The minimum absolute atomic E-state index is 0.0694. The Bertz CT molecular complexity index is 1380. The molecule has 0 amide bonds. The molecule has 2 fully saturated rings. The van der Waals surface area contributed by atoms with Gasteiger partial charge in [0.15, 0.2) is 5.82 Å². The Morgan fingerprint density at radius 1 is 0.944 bits per heavy atom. The molecule has 1 aliphatic carbocycles. The summed E-state index contributed by atoms with van der Waals surface area (Å²) < 4.78 is 2.02. The van der Waals surface area contributed by atoms with E-state index in [1.807, 2.05) is 16.8 Å². The second-order valence-corrected chi connectivity index (χ2v) is 10.2. The van der Waals surface area contributed by atoms with Crippen molar-refractivity contribution in [1.29, 1.82) is 0 Å². The number of para-hydroxylation sites is 1. The molecule has 2 aliphatic rings. The Hall–Kier alpha value is -3.52. The number of hydrogen-bond donors (Lipinski definition) is 1. The number of fused-ring (bicyclic) bond motifs is 1. The molecule has 0 radical (unpaired) electrons. The maximum atomic E-state index is 13.5. The molecule has 8 nitrogen and oxygen atoms in total. The predicted molar refractivity (Wildman–Crippen MR) is 141 cm³/mol. The van der Waals surface area contributed by atoms with Gasteiger partial charge in [-0.05, 0) is 65.9 Å². The minimum Gasteiger partial charge on any atom is -0.369 e. The molecule has 36 heavy (non-hydrogen) atoms. The summed E-state index contributed by atoms with van der Waals surface area (Å²) in [6.07, 6.45) is 5.82. The molecule has 8 heteroatoms. The van der Waals surface area contributed by atoms with Crippen LogP contribution in [-0.2, 0) is 0 Å². The molecule has 6 rings (SSSR count). The monoisotopic (exact) mass is 483 g/mol. The van der Waals surface area contributed by atoms with E-state index >= 15 is 0 Å². The second kappa shape index (κ2) is 9.85. The number of nitrogens with zero attached hydrogens (tertiary/aromatic N) is 6. The third kappa shape index (κ3) is 4.41. The lowest BCUT2D eigenvalue weighted by molar-refractivity contribution is 0.192. The summed E-state index contributed by atoms with van der Waals surface area (Å²) in [5.74, 6) is 0.785. The number of anilines is 1. The zero-order valence-corrected chi connectivity index (χ0v) is 20.8. The molecular weight excluding hydrogens is 450 g/mol. The Kier molecular flexibility index (Phi) is 6.27. The smallest absolute Gasteiger partial charge is 0.253 e. The Balaban J connectivity index is 1.40. The first-order valence-corrected chi connectivity index (χ1v) is 13.1. The minimum atomic E-state index is -0.298. The van der Waals surface area contributed by atoms with E-state index in [1.165, 1.54) is 30.5 Å². The van der Waals surface area contributed by atoms with Crippen molar-refractivity contribution in [1.82, 2.24) is 30.1 Å². The fourth-order valence-electron chi connectivity index (χ4n) is 5.89. The van der Waals surface area contributed by atoms with E-state index in [2.05, 4.69) is 79.7 Å². The van der Waals surface area contributed by atoms with Gasteiger partial charge in [0.05, 0.1) is 6.04 Å². The fraction of sp³-hybridized carbons (Fsp3) is 0.429. The van der Waals surface area contributed by atoms with E-state index in [0.29, 0.717) is 11.6 Å². The summed E-state index contributed by atoms with van der Waals surface area (Å²) in [6.45, 7) is 5.49. The summed E-state index contributed by atoms with van der Waals surface area (Å²) in [5.41, 5.74) is 3.90. The average molecular weight is 484 g/mol. The number of tetrazole rings is 1. The van der Waals surface area contributed by atoms with Crippen LogP contribution in [0, 0.1) is 6.92 Å². The van der Waals surface area contributed by atoms with Crippen LogP contribution in [0.1, 0.15) is 61.1 Å². The van der Waals surface area contributed by atoms with Crippen molar-refractivity contribution in [2.45, 2.75) is 51.1 Å². The van der Waals surface area contributed by atoms with Crippen molar-refractivity contribution in [3.05, 3.63) is 81.9 Å². The lowest BCUT2D eigenvalue weighted by atomic mass is 9.95. The number of nitrogens with one attached hydrogen (secondary N) is 1. The number of aromatic nitrogens is 5. The average Bonchev–Trinajstić information content (AvgIpc) is 3.40. The van der Waals surface area contributed by atoms with Crippen LogP contribution in [0.2, 0.25) is 0 Å². The molecule has 2 aromatic carbocycles. The number of benzene rings is 2. The summed E-state index contributed by atoms with van der Waals surface area (Å²) in [7, 11) is 0. The number of aryl methyl sites for hydroxylation is 1. The number of aromatic amines is 1. The van der Waals surface area contributed by atoms with Gasteiger partial charge in [-0.25, -0.2) is 4.68 Å². The van der Waals surface area contributed by atoms with E-state index in [4.69, 9.17) is 0 Å². The van der Waals surface area contributed by atoms with Crippen LogP contribution in [0.3, 0.4) is 0 Å². The molecule has 186 valence electrons. The molecule has 0 unspecified atom stereocenters. The number of piperazine rings is 1. The van der Waals surface area contributed by atoms with Gasteiger partial charge in [-0.2, -0.15) is 0 Å². The van der Waals surface area contributed by atoms with E-state index in [9.17, 15) is 4.79 Å². The number of H-pyrrole nitrogens is 1. The molecule has 1 N–H and O–H groups in total. The van der Waals surface area contributed by atoms with Crippen LogP contribution >= 0.6 is 0 Å². The molecule has 2 aromatic heterocycles. The molecule has 0 bridgehead atoms. The van der Waals surface area contributed by atoms with Crippen LogP contribution in [0.5, 0.6) is 0 Å². The van der Waals surface area contributed by atoms with Gasteiger partial charge in [0, 0.05) is 42.9 Å². The third-order valence-electron chi connectivity index (χ3n) is 7.81. The fourth-order valence-corrected chi connectivity index (χ4v) is 5.89. The van der Waals surface area contributed by atoms with Gasteiger partial charge in [0.25, 0.3) is 5.56 Å². The van der Waals surface area contributed by atoms with Crippen molar-refractivity contribution in [3.8, 4) is 0 Å².